The molecule has 172 valence electrons. The molecule has 0 bridgehead atoms. The van der Waals surface area contributed by atoms with Crippen LogP contribution in [0.25, 0.3) is 0 Å². The van der Waals surface area contributed by atoms with Gasteiger partial charge in [-0.2, -0.15) is 0 Å². The average molecular weight is 489 g/mol. The number of rotatable bonds is 5. The smallest absolute Gasteiger partial charge is 0.268 e. The zero-order valence-electron chi connectivity index (χ0n) is 17.7. The quantitative estimate of drug-likeness (QED) is 0.550. The molecule has 0 aliphatic carbocycles. The molecule has 0 radical (unpaired) electrons. The number of nitrogens with zero attached hydrogens (tertiary/aromatic N) is 2. The first-order valence-corrected chi connectivity index (χ1v) is 13.2. The molecule has 0 N–H and O–H groups in total. The van der Waals surface area contributed by atoms with Gasteiger partial charge in [0.25, 0.3) is 20.0 Å². The van der Waals surface area contributed by atoms with Gasteiger partial charge < -0.3 is 4.74 Å². The van der Waals surface area contributed by atoms with Gasteiger partial charge in [-0.05, 0) is 42.2 Å². The number of halogens is 1. The van der Waals surface area contributed by atoms with Gasteiger partial charge in [0.15, 0.2) is 0 Å². The van der Waals surface area contributed by atoms with Crippen LogP contribution in [0, 0.1) is 5.82 Å². The van der Waals surface area contributed by atoms with E-state index in [1.165, 1.54) is 11.4 Å². The van der Waals surface area contributed by atoms with Crippen molar-refractivity contribution in [3.05, 3.63) is 77.6 Å². The predicted octanol–water partition coefficient (Wildman–Crippen LogP) is 3.34. The number of sulfonamides is 2. The Labute approximate surface area is 192 Å². The summed E-state index contributed by atoms with van der Waals surface area (Å²) in [5, 5.41) is 0. The second kappa shape index (κ2) is 7.74. The van der Waals surface area contributed by atoms with Crippen molar-refractivity contribution in [2.24, 2.45) is 0 Å². The highest BCUT2D eigenvalue weighted by Crippen LogP contribution is 2.39. The predicted molar refractivity (Wildman–Crippen MR) is 122 cm³/mol. The van der Waals surface area contributed by atoms with Crippen LogP contribution in [0.5, 0.6) is 5.75 Å². The third-order valence-electron chi connectivity index (χ3n) is 6.04. The Balaban J connectivity index is 1.64. The summed E-state index contributed by atoms with van der Waals surface area (Å²) in [4.78, 5) is -1.10. The summed E-state index contributed by atoms with van der Waals surface area (Å²) in [6, 6.07) is 15.8. The normalized spacial score (nSPS) is 15.5. The lowest BCUT2D eigenvalue weighted by molar-refractivity contribution is 0.397. The van der Waals surface area contributed by atoms with Gasteiger partial charge in [-0.1, -0.05) is 36.4 Å². The van der Waals surface area contributed by atoms with E-state index in [2.05, 4.69) is 0 Å². The van der Waals surface area contributed by atoms with Gasteiger partial charge in [-0.25, -0.2) is 21.2 Å². The summed E-state index contributed by atoms with van der Waals surface area (Å²) in [7, 11) is -7.36. The Morgan fingerprint density at radius 2 is 1.24 bits per heavy atom. The number of para-hydroxylation sites is 2. The molecule has 10 heteroatoms. The largest absolute Gasteiger partial charge is 0.495 e. The summed E-state index contributed by atoms with van der Waals surface area (Å²) in [6.07, 6.45) is 1.01. The molecule has 2 aliphatic heterocycles. The molecule has 0 saturated heterocycles. The SMILES string of the molecule is COc1cc(F)c(S(=O)(=O)N2CCc3ccccc32)cc1S(=O)(=O)N1CCc2ccccc21. The lowest BCUT2D eigenvalue weighted by atomic mass is 10.2. The second-order valence-electron chi connectivity index (χ2n) is 7.85. The minimum absolute atomic E-state index is 0.148. The lowest BCUT2D eigenvalue weighted by Crippen LogP contribution is -2.32. The maximum atomic E-state index is 15.1. The Morgan fingerprint density at radius 3 is 1.76 bits per heavy atom. The van der Waals surface area contributed by atoms with Crippen molar-refractivity contribution in [1.29, 1.82) is 0 Å². The minimum atomic E-state index is -4.35. The zero-order valence-corrected chi connectivity index (χ0v) is 19.4. The molecular formula is C23H21FN2O5S2. The highest BCUT2D eigenvalue weighted by Gasteiger charge is 2.38. The first kappa shape index (κ1) is 21.7. The van der Waals surface area contributed by atoms with Crippen LogP contribution in [0.1, 0.15) is 11.1 Å². The Kier molecular flexibility index (Phi) is 5.09. The molecular weight excluding hydrogens is 467 g/mol. The molecule has 0 aromatic heterocycles. The number of methoxy groups -OCH3 is 1. The van der Waals surface area contributed by atoms with E-state index >= 15 is 4.39 Å². The monoisotopic (exact) mass is 488 g/mol. The molecule has 3 aromatic carbocycles. The standard InChI is InChI=1S/C23H21FN2O5S2/c1-31-21-14-18(24)22(32(27,28)25-12-10-16-6-2-4-8-19(16)25)15-23(21)33(29,30)26-13-11-17-7-3-5-9-20(17)26/h2-9,14-15H,10-13H2,1H3. The Morgan fingerprint density at radius 1 is 0.758 bits per heavy atom. The van der Waals surface area contributed by atoms with Gasteiger partial charge in [-0.15, -0.1) is 0 Å². The second-order valence-corrected chi connectivity index (χ2v) is 11.5. The van der Waals surface area contributed by atoms with Gasteiger partial charge in [0.2, 0.25) is 0 Å². The van der Waals surface area contributed by atoms with Crippen LogP contribution in [-0.4, -0.2) is 37.0 Å². The summed E-state index contributed by atoms with van der Waals surface area (Å²) in [6.45, 7) is 0.346. The fourth-order valence-electron chi connectivity index (χ4n) is 4.43. The summed E-state index contributed by atoms with van der Waals surface area (Å²) in [5.74, 6) is -1.32. The molecule has 7 nitrogen and oxygen atoms in total. The topological polar surface area (TPSA) is 84.0 Å². The molecule has 33 heavy (non-hydrogen) atoms. The summed E-state index contributed by atoms with van der Waals surface area (Å²) in [5.41, 5.74) is 2.67. The number of ether oxygens (including phenoxy) is 1. The molecule has 5 rings (SSSR count). The Bertz CT molecular complexity index is 1470. The third-order valence-corrected chi connectivity index (χ3v) is 9.71. The fourth-order valence-corrected chi connectivity index (χ4v) is 7.75. The van der Waals surface area contributed by atoms with E-state index in [9.17, 15) is 16.8 Å². The van der Waals surface area contributed by atoms with Crippen molar-refractivity contribution in [1.82, 2.24) is 0 Å². The molecule has 0 amide bonds. The fraction of sp³-hybridized carbons (Fsp3) is 0.217. The zero-order chi connectivity index (χ0) is 23.4. The minimum Gasteiger partial charge on any atom is -0.495 e. The van der Waals surface area contributed by atoms with Crippen LogP contribution in [0.3, 0.4) is 0 Å². The van der Waals surface area contributed by atoms with Crippen molar-refractivity contribution in [3.8, 4) is 5.75 Å². The van der Waals surface area contributed by atoms with E-state index in [0.717, 1.165) is 27.6 Å². The molecule has 0 spiro atoms. The maximum Gasteiger partial charge on any atom is 0.268 e. The molecule has 0 unspecified atom stereocenters. The van der Waals surface area contributed by atoms with E-state index in [1.807, 2.05) is 24.3 Å². The Hall–Kier alpha value is -3.11. The summed E-state index contributed by atoms with van der Waals surface area (Å²) >= 11 is 0. The average Bonchev–Trinajstić information content (AvgIpc) is 3.43. The maximum absolute atomic E-state index is 15.1. The number of fused-ring (bicyclic) bond motifs is 2. The van der Waals surface area contributed by atoms with Crippen LogP contribution in [0.4, 0.5) is 15.8 Å². The number of anilines is 2. The first-order valence-electron chi connectivity index (χ1n) is 10.3. The van der Waals surface area contributed by atoms with Crippen molar-refractivity contribution in [2.45, 2.75) is 22.6 Å². The molecule has 2 aliphatic rings. The molecule has 2 heterocycles. The summed E-state index contributed by atoms with van der Waals surface area (Å²) < 4.78 is 76.6. The van der Waals surface area contributed by atoms with E-state index in [-0.39, 0.29) is 18.8 Å². The number of hydrogen-bond donors (Lipinski definition) is 0. The van der Waals surface area contributed by atoms with Crippen molar-refractivity contribution < 1.29 is 26.0 Å². The van der Waals surface area contributed by atoms with Crippen LogP contribution in [0.15, 0.2) is 70.5 Å². The van der Waals surface area contributed by atoms with Crippen molar-refractivity contribution in [2.75, 3.05) is 28.8 Å². The molecule has 0 saturated carbocycles. The van der Waals surface area contributed by atoms with Gasteiger partial charge in [-0.3, -0.25) is 8.61 Å². The van der Waals surface area contributed by atoms with Gasteiger partial charge in [0.05, 0.1) is 18.5 Å². The molecule has 0 fully saturated rings. The van der Waals surface area contributed by atoms with E-state index in [1.54, 1.807) is 24.3 Å². The van der Waals surface area contributed by atoms with Gasteiger partial charge in [0, 0.05) is 19.2 Å². The van der Waals surface area contributed by atoms with E-state index < -0.39 is 35.7 Å². The van der Waals surface area contributed by atoms with E-state index in [4.69, 9.17) is 4.74 Å². The number of hydrogen-bond acceptors (Lipinski definition) is 5. The van der Waals surface area contributed by atoms with Gasteiger partial charge in [0.1, 0.15) is 21.4 Å². The van der Waals surface area contributed by atoms with Crippen molar-refractivity contribution in [3.63, 3.8) is 0 Å². The van der Waals surface area contributed by atoms with Crippen LogP contribution < -0.4 is 13.3 Å². The first-order chi connectivity index (χ1) is 15.7. The molecule has 0 atom stereocenters. The lowest BCUT2D eigenvalue weighted by Gasteiger charge is -2.23. The van der Waals surface area contributed by atoms with Crippen LogP contribution >= 0.6 is 0 Å². The van der Waals surface area contributed by atoms with Gasteiger partial charge >= 0.3 is 0 Å². The van der Waals surface area contributed by atoms with Crippen LogP contribution in [0.2, 0.25) is 0 Å². The third kappa shape index (κ3) is 3.36. The van der Waals surface area contributed by atoms with E-state index in [0.29, 0.717) is 24.2 Å². The molecule has 3 aromatic rings. The highest BCUT2D eigenvalue weighted by molar-refractivity contribution is 7.93. The highest BCUT2D eigenvalue weighted by atomic mass is 32.2. The number of benzene rings is 3. The van der Waals surface area contributed by atoms with Crippen LogP contribution in [-0.2, 0) is 32.9 Å². The van der Waals surface area contributed by atoms with Crippen molar-refractivity contribution >= 4 is 31.4 Å².